The highest BCUT2D eigenvalue weighted by atomic mass is 16.5. The maximum Gasteiger partial charge on any atom is 0.290 e. The summed E-state index contributed by atoms with van der Waals surface area (Å²) in [6.45, 7) is 11.4. The van der Waals surface area contributed by atoms with Crippen LogP contribution in [-0.2, 0) is 17.8 Å². The number of ether oxygens (including phenoxy) is 1. The van der Waals surface area contributed by atoms with Gasteiger partial charge < -0.3 is 14.4 Å². The first kappa shape index (κ1) is 24.4. The van der Waals surface area contributed by atoms with E-state index in [1.807, 2.05) is 44.2 Å². The molecular formula is C25H35N3O3. The van der Waals surface area contributed by atoms with Crippen molar-refractivity contribution in [3.63, 3.8) is 0 Å². The number of carboxylic acid groups (broad SMARTS) is 1. The van der Waals surface area contributed by atoms with Gasteiger partial charge in [0, 0.05) is 24.2 Å². The van der Waals surface area contributed by atoms with Crippen LogP contribution >= 0.6 is 0 Å². The van der Waals surface area contributed by atoms with E-state index in [0.717, 1.165) is 60.0 Å². The SMILES string of the molecule is CC.CCCC(C)c1c(C)nc2nc3n(c2c1Oc1ccccc1)CCCC3.O=CO. The van der Waals surface area contributed by atoms with Crippen molar-refractivity contribution >= 4 is 17.6 Å². The van der Waals surface area contributed by atoms with Crippen molar-refractivity contribution in [1.82, 2.24) is 14.5 Å². The maximum absolute atomic E-state index is 8.36. The Kier molecular flexibility index (Phi) is 9.50. The normalized spacial score (nSPS) is 13.2. The van der Waals surface area contributed by atoms with E-state index >= 15 is 0 Å². The number of hydrogen-bond acceptors (Lipinski definition) is 4. The van der Waals surface area contributed by atoms with Crippen LogP contribution < -0.4 is 4.74 Å². The van der Waals surface area contributed by atoms with Crippen LogP contribution in [0.4, 0.5) is 0 Å². The number of rotatable bonds is 5. The summed E-state index contributed by atoms with van der Waals surface area (Å²) in [4.78, 5) is 18.1. The van der Waals surface area contributed by atoms with Crippen LogP contribution in [0.2, 0.25) is 0 Å². The van der Waals surface area contributed by atoms with E-state index in [-0.39, 0.29) is 6.47 Å². The Morgan fingerprint density at radius 2 is 1.87 bits per heavy atom. The third-order valence-electron chi connectivity index (χ3n) is 5.36. The van der Waals surface area contributed by atoms with Crippen molar-refractivity contribution in [2.75, 3.05) is 0 Å². The maximum atomic E-state index is 8.36. The van der Waals surface area contributed by atoms with Crippen LogP contribution in [0.5, 0.6) is 11.5 Å². The number of benzene rings is 1. The van der Waals surface area contributed by atoms with E-state index in [4.69, 9.17) is 24.6 Å². The molecule has 0 saturated carbocycles. The van der Waals surface area contributed by atoms with Crippen LogP contribution in [0.3, 0.4) is 0 Å². The van der Waals surface area contributed by atoms with Crippen LogP contribution in [0, 0.1) is 6.92 Å². The van der Waals surface area contributed by atoms with Crippen molar-refractivity contribution in [2.24, 2.45) is 0 Å². The van der Waals surface area contributed by atoms with Crippen LogP contribution in [-0.4, -0.2) is 26.1 Å². The Bertz CT molecular complexity index is 967. The first-order valence-corrected chi connectivity index (χ1v) is 11.3. The number of hydrogen-bond donors (Lipinski definition) is 1. The zero-order valence-electron chi connectivity index (χ0n) is 19.4. The molecule has 4 rings (SSSR count). The van der Waals surface area contributed by atoms with Crippen molar-refractivity contribution in [1.29, 1.82) is 0 Å². The number of imidazole rings is 1. The molecule has 0 fully saturated rings. The van der Waals surface area contributed by atoms with Crippen LogP contribution in [0.25, 0.3) is 11.2 Å². The first-order chi connectivity index (χ1) is 15.1. The molecule has 6 heteroatoms. The van der Waals surface area contributed by atoms with Gasteiger partial charge in [0.05, 0.1) is 0 Å². The quantitative estimate of drug-likeness (QED) is 0.472. The second kappa shape index (κ2) is 12.1. The summed E-state index contributed by atoms with van der Waals surface area (Å²) in [5, 5.41) is 6.89. The molecule has 1 aliphatic heterocycles. The minimum Gasteiger partial charge on any atom is -0.483 e. The fraction of sp³-hybridized carbons (Fsp3) is 0.480. The van der Waals surface area contributed by atoms with Gasteiger partial charge in [-0.15, -0.1) is 0 Å². The van der Waals surface area contributed by atoms with Gasteiger partial charge >= 0.3 is 0 Å². The Morgan fingerprint density at radius 3 is 2.52 bits per heavy atom. The van der Waals surface area contributed by atoms with Gasteiger partial charge in [-0.2, -0.15) is 0 Å². The third kappa shape index (κ3) is 5.63. The second-order valence-corrected chi connectivity index (χ2v) is 7.46. The van der Waals surface area contributed by atoms with Crippen molar-refractivity contribution in [2.45, 2.75) is 79.2 Å². The fourth-order valence-electron chi connectivity index (χ4n) is 4.15. The summed E-state index contributed by atoms with van der Waals surface area (Å²) in [6, 6.07) is 10.1. The molecule has 0 radical (unpaired) electrons. The van der Waals surface area contributed by atoms with Gasteiger partial charge in [0.1, 0.15) is 17.1 Å². The number of fused-ring (bicyclic) bond motifs is 3. The number of nitrogens with zero attached hydrogens (tertiary/aromatic N) is 3. The Morgan fingerprint density at radius 1 is 1.19 bits per heavy atom. The molecule has 1 aromatic carbocycles. The molecule has 3 heterocycles. The van der Waals surface area contributed by atoms with E-state index in [2.05, 4.69) is 25.3 Å². The molecule has 1 unspecified atom stereocenters. The summed E-state index contributed by atoms with van der Waals surface area (Å²) < 4.78 is 8.83. The molecule has 6 nitrogen and oxygen atoms in total. The average molecular weight is 426 g/mol. The largest absolute Gasteiger partial charge is 0.483 e. The topological polar surface area (TPSA) is 77.2 Å². The zero-order valence-corrected chi connectivity index (χ0v) is 19.4. The zero-order chi connectivity index (χ0) is 22.8. The van der Waals surface area contributed by atoms with Gasteiger partial charge in [0.15, 0.2) is 11.4 Å². The molecule has 2 aromatic heterocycles. The summed E-state index contributed by atoms with van der Waals surface area (Å²) in [5.74, 6) is 3.39. The van der Waals surface area contributed by atoms with Gasteiger partial charge in [-0.1, -0.05) is 52.3 Å². The minimum atomic E-state index is -0.250. The number of aryl methyl sites for hydroxylation is 3. The van der Waals surface area contributed by atoms with E-state index in [9.17, 15) is 0 Å². The molecule has 0 saturated heterocycles. The van der Waals surface area contributed by atoms with E-state index in [1.54, 1.807) is 0 Å². The molecule has 3 aromatic rings. The summed E-state index contributed by atoms with van der Waals surface area (Å²) >= 11 is 0. The lowest BCUT2D eigenvalue weighted by Crippen LogP contribution is -2.11. The lowest BCUT2D eigenvalue weighted by molar-refractivity contribution is -0.122. The summed E-state index contributed by atoms with van der Waals surface area (Å²) in [7, 11) is 0. The van der Waals surface area contributed by atoms with Crippen molar-refractivity contribution in [3.8, 4) is 11.5 Å². The second-order valence-electron chi connectivity index (χ2n) is 7.46. The average Bonchev–Trinajstić information content (AvgIpc) is 3.14. The van der Waals surface area contributed by atoms with E-state index < -0.39 is 0 Å². The summed E-state index contributed by atoms with van der Waals surface area (Å²) in [5.41, 5.74) is 4.18. The van der Waals surface area contributed by atoms with Crippen LogP contribution in [0.1, 0.15) is 76.4 Å². The van der Waals surface area contributed by atoms with Gasteiger partial charge in [0.2, 0.25) is 0 Å². The Hall–Kier alpha value is -2.89. The molecule has 0 aliphatic carbocycles. The summed E-state index contributed by atoms with van der Waals surface area (Å²) in [6.07, 6.45) is 5.70. The highest BCUT2D eigenvalue weighted by Crippen LogP contribution is 2.41. The van der Waals surface area contributed by atoms with Gasteiger partial charge in [-0.05, 0) is 44.2 Å². The van der Waals surface area contributed by atoms with Gasteiger partial charge in [-0.25, -0.2) is 9.97 Å². The fourth-order valence-corrected chi connectivity index (χ4v) is 4.15. The Labute approximate surface area is 185 Å². The third-order valence-corrected chi connectivity index (χ3v) is 5.36. The van der Waals surface area contributed by atoms with Crippen LogP contribution in [0.15, 0.2) is 30.3 Å². The van der Waals surface area contributed by atoms with Crippen molar-refractivity contribution < 1.29 is 14.6 Å². The van der Waals surface area contributed by atoms with E-state index in [1.165, 1.54) is 18.4 Å². The predicted octanol–water partition coefficient (Wildman–Crippen LogP) is 6.50. The monoisotopic (exact) mass is 425 g/mol. The van der Waals surface area contributed by atoms with Gasteiger partial charge in [0.25, 0.3) is 6.47 Å². The molecule has 1 aliphatic rings. The van der Waals surface area contributed by atoms with Gasteiger partial charge in [-0.3, -0.25) is 4.79 Å². The number of pyridine rings is 1. The number of aromatic nitrogens is 3. The standard InChI is InChI=1S/C22H27N3O.C2H6.CH2O2/c1-4-10-15(2)19-16(3)23-22-20(25-14-9-8-13-18(25)24-22)21(19)26-17-11-6-5-7-12-17;1-2;2-1-3/h5-7,11-12,15H,4,8-10,13-14H2,1-3H3;1-2H3;1H,(H,2,3). The molecule has 0 spiro atoms. The molecule has 31 heavy (non-hydrogen) atoms. The molecule has 1 atom stereocenters. The smallest absolute Gasteiger partial charge is 0.290 e. The molecule has 168 valence electrons. The lowest BCUT2D eigenvalue weighted by atomic mass is 9.94. The minimum absolute atomic E-state index is 0.250. The highest BCUT2D eigenvalue weighted by molar-refractivity contribution is 5.82. The number of para-hydroxylation sites is 1. The lowest BCUT2D eigenvalue weighted by Gasteiger charge is -2.21. The van der Waals surface area contributed by atoms with Crippen molar-refractivity contribution in [3.05, 3.63) is 47.4 Å². The Balaban J connectivity index is 0.000000630. The predicted molar refractivity (Wildman–Crippen MR) is 125 cm³/mol. The molecule has 0 bridgehead atoms. The molecule has 1 N–H and O–H groups in total. The number of carbonyl (C=O) groups is 1. The first-order valence-electron chi connectivity index (χ1n) is 11.3. The molecule has 0 amide bonds. The molecular weight excluding hydrogens is 390 g/mol. The highest BCUT2D eigenvalue weighted by Gasteiger charge is 2.25. The van der Waals surface area contributed by atoms with E-state index in [0.29, 0.717) is 5.92 Å².